The molecule has 1 unspecified atom stereocenters. The average Bonchev–Trinajstić information content (AvgIpc) is 3.03. The lowest BCUT2D eigenvalue weighted by atomic mass is 9.85. The van der Waals surface area contributed by atoms with Crippen LogP contribution in [0.15, 0.2) is 53.3 Å². The fraction of sp³-hybridized carbons (Fsp3) is 0.556. The predicted octanol–water partition coefficient (Wildman–Crippen LogP) is 6.73. The van der Waals surface area contributed by atoms with Crippen LogP contribution in [0.25, 0.3) is 10.8 Å². The largest absolute Gasteiger partial charge is 0.362 e. The van der Waals surface area contributed by atoms with E-state index in [1.54, 1.807) is 19.2 Å². The molecule has 2 atom stereocenters. The third-order valence-corrected chi connectivity index (χ3v) is 12.1. The molecule has 2 aromatic carbocycles. The Kier molecular flexibility index (Phi) is 9.40. The standard InChI is InChI=1S/C36H46F2N4O3S/c1-24-8-5-4-6-9-28-20-29(26-14-18-46(44,45)19-15-26)22-32-33(28)35(43)41(3)40-34(32)39-25(2)27-10-7-11-31(21-27)36(37,38)30-12-16-42(23-24)17-13-30/h4,6-7,10-11,20-22,24-26,30H,5,8-9,12-19,23H2,1-3H3,(H,39,40)/b6-4-/t24?,25-/m1/s1. The first-order valence-electron chi connectivity index (χ1n) is 16.8. The third-order valence-electron chi connectivity index (χ3n) is 10.4. The normalized spacial score (nSPS) is 27.9. The molecular formula is C36H46F2N4O3S. The fourth-order valence-electron chi connectivity index (χ4n) is 7.56. The van der Waals surface area contributed by atoms with Gasteiger partial charge in [0.05, 0.1) is 22.9 Å². The third kappa shape index (κ3) is 6.93. The summed E-state index contributed by atoms with van der Waals surface area (Å²) in [5.74, 6) is -2.33. The van der Waals surface area contributed by atoms with E-state index in [0.717, 1.165) is 36.1 Å². The number of aryl methyl sites for hydroxylation is 1. The first-order chi connectivity index (χ1) is 21.9. The number of nitrogens with zero attached hydrogens (tertiary/aromatic N) is 3. The molecule has 248 valence electrons. The Morgan fingerprint density at radius 2 is 1.70 bits per heavy atom. The highest BCUT2D eigenvalue weighted by Gasteiger charge is 2.43. The van der Waals surface area contributed by atoms with E-state index in [0.29, 0.717) is 67.7 Å². The van der Waals surface area contributed by atoms with Crippen molar-refractivity contribution in [2.24, 2.45) is 18.9 Å². The first-order valence-corrected chi connectivity index (χ1v) is 18.6. The minimum atomic E-state index is -3.04. The summed E-state index contributed by atoms with van der Waals surface area (Å²) in [6.45, 7) is 6.42. The van der Waals surface area contributed by atoms with Gasteiger partial charge in [0, 0.05) is 30.5 Å². The maximum atomic E-state index is 16.0. The van der Waals surface area contributed by atoms with Crippen molar-refractivity contribution in [1.29, 1.82) is 0 Å². The highest BCUT2D eigenvalue weighted by atomic mass is 32.2. The molecule has 2 saturated heterocycles. The van der Waals surface area contributed by atoms with Crippen LogP contribution in [0, 0.1) is 11.8 Å². The lowest BCUT2D eigenvalue weighted by molar-refractivity contribution is -0.0862. The van der Waals surface area contributed by atoms with Gasteiger partial charge < -0.3 is 10.2 Å². The Hall–Kier alpha value is -3.11. The summed E-state index contributed by atoms with van der Waals surface area (Å²) in [7, 11) is -1.41. The van der Waals surface area contributed by atoms with Crippen LogP contribution in [0.5, 0.6) is 0 Å². The number of hydrogen-bond donors (Lipinski definition) is 1. The van der Waals surface area contributed by atoms with E-state index in [2.05, 4.69) is 40.5 Å². The fourth-order valence-corrected chi connectivity index (χ4v) is 9.05. The second kappa shape index (κ2) is 13.2. The van der Waals surface area contributed by atoms with Crippen LogP contribution in [0.1, 0.15) is 86.6 Å². The Labute approximate surface area is 271 Å². The maximum Gasteiger partial charge on any atom is 0.276 e. The van der Waals surface area contributed by atoms with Gasteiger partial charge in [-0.3, -0.25) is 4.79 Å². The van der Waals surface area contributed by atoms with Gasteiger partial charge in [-0.05, 0) is 106 Å². The second-order valence-corrected chi connectivity index (χ2v) is 16.2. The summed E-state index contributed by atoms with van der Waals surface area (Å²) in [6.07, 6.45) is 8.80. The molecule has 3 aromatic rings. The quantitative estimate of drug-likeness (QED) is 0.294. The number of fused-ring (bicyclic) bond motifs is 8. The van der Waals surface area contributed by atoms with Gasteiger partial charge in [0.15, 0.2) is 5.82 Å². The van der Waals surface area contributed by atoms with Gasteiger partial charge in [-0.2, -0.15) is 5.10 Å². The molecule has 46 heavy (non-hydrogen) atoms. The molecule has 8 bridgehead atoms. The Morgan fingerprint density at radius 3 is 2.43 bits per heavy atom. The second-order valence-electron chi connectivity index (χ2n) is 13.9. The van der Waals surface area contributed by atoms with Crippen LogP contribution in [0.3, 0.4) is 0 Å². The monoisotopic (exact) mass is 652 g/mol. The summed E-state index contributed by atoms with van der Waals surface area (Å²) in [5.41, 5.74) is 2.45. The van der Waals surface area contributed by atoms with Crippen molar-refractivity contribution in [3.63, 3.8) is 0 Å². The topological polar surface area (TPSA) is 84.3 Å². The molecule has 7 nitrogen and oxygen atoms in total. The van der Waals surface area contributed by atoms with Crippen molar-refractivity contribution < 1.29 is 17.2 Å². The zero-order valence-electron chi connectivity index (χ0n) is 27.1. The molecule has 1 aromatic heterocycles. The van der Waals surface area contributed by atoms with Crippen LogP contribution in [0.2, 0.25) is 0 Å². The lowest BCUT2D eigenvalue weighted by Gasteiger charge is -2.37. The molecule has 0 saturated carbocycles. The number of sulfone groups is 1. The van der Waals surface area contributed by atoms with Crippen molar-refractivity contribution in [3.05, 3.63) is 81.2 Å². The SMILES string of the molecule is CC1CC/C=C\Cc2cc(C3CCS(=O)(=O)CC3)cc3c(nn(C)c(=O)c23)N[C@H](C)c2cccc(c2)C(F)(F)C2CCN(CC2)C1. The number of allylic oxidation sites excluding steroid dienone is 2. The maximum absolute atomic E-state index is 16.0. The highest BCUT2D eigenvalue weighted by Crippen LogP contribution is 2.42. The first kappa shape index (κ1) is 32.8. The summed E-state index contributed by atoms with van der Waals surface area (Å²) < 4.78 is 57.7. The molecule has 0 aliphatic carbocycles. The van der Waals surface area contributed by atoms with Gasteiger partial charge in [-0.25, -0.2) is 21.9 Å². The van der Waals surface area contributed by atoms with Gasteiger partial charge >= 0.3 is 0 Å². The van der Waals surface area contributed by atoms with E-state index in [4.69, 9.17) is 0 Å². The number of piperidine rings is 1. The van der Waals surface area contributed by atoms with Crippen LogP contribution < -0.4 is 10.9 Å². The van der Waals surface area contributed by atoms with Crippen LogP contribution in [0.4, 0.5) is 14.6 Å². The van der Waals surface area contributed by atoms with Crippen molar-refractivity contribution >= 4 is 26.4 Å². The molecule has 10 heteroatoms. The molecule has 4 aliphatic rings. The molecule has 2 fully saturated rings. The van der Waals surface area contributed by atoms with Crippen LogP contribution >= 0.6 is 0 Å². The van der Waals surface area contributed by atoms with Gasteiger partial charge in [0.2, 0.25) is 0 Å². The molecule has 0 amide bonds. The predicted molar refractivity (Wildman–Crippen MR) is 180 cm³/mol. The Bertz CT molecular complexity index is 1770. The van der Waals surface area contributed by atoms with Crippen LogP contribution in [-0.4, -0.2) is 54.2 Å². The number of alkyl halides is 2. The Balaban J connectivity index is 1.44. The van der Waals surface area contributed by atoms with E-state index >= 15 is 8.78 Å². The van der Waals surface area contributed by atoms with E-state index in [-0.39, 0.29) is 34.6 Å². The summed E-state index contributed by atoms with van der Waals surface area (Å²) >= 11 is 0. The van der Waals surface area contributed by atoms with Crippen molar-refractivity contribution in [1.82, 2.24) is 14.7 Å². The minimum Gasteiger partial charge on any atom is -0.362 e. The molecule has 4 aliphatic heterocycles. The van der Waals surface area contributed by atoms with Crippen molar-refractivity contribution in [2.75, 3.05) is 36.5 Å². The van der Waals surface area contributed by atoms with Crippen molar-refractivity contribution in [3.8, 4) is 0 Å². The van der Waals surface area contributed by atoms with Gasteiger partial charge in [-0.15, -0.1) is 0 Å². The minimum absolute atomic E-state index is 0.0394. The van der Waals surface area contributed by atoms with Gasteiger partial charge in [0.1, 0.15) is 9.84 Å². The summed E-state index contributed by atoms with van der Waals surface area (Å²) in [5, 5.41) is 9.33. The zero-order valence-corrected chi connectivity index (χ0v) is 28.0. The number of nitrogens with one attached hydrogen (secondary N) is 1. The summed E-state index contributed by atoms with van der Waals surface area (Å²) in [4.78, 5) is 16.0. The number of hydrogen-bond acceptors (Lipinski definition) is 6. The van der Waals surface area contributed by atoms with E-state index in [1.807, 2.05) is 19.1 Å². The number of benzene rings is 2. The van der Waals surface area contributed by atoms with E-state index in [1.165, 1.54) is 10.7 Å². The van der Waals surface area contributed by atoms with Crippen LogP contribution in [-0.2, 0) is 29.2 Å². The number of rotatable bonds is 1. The zero-order chi connectivity index (χ0) is 32.6. The van der Waals surface area contributed by atoms with Gasteiger partial charge in [0.25, 0.3) is 11.5 Å². The molecule has 1 N–H and O–H groups in total. The average molecular weight is 653 g/mol. The van der Waals surface area contributed by atoms with E-state index < -0.39 is 21.7 Å². The molecule has 0 radical (unpaired) electrons. The van der Waals surface area contributed by atoms with Gasteiger partial charge in [-0.1, -0.05) is 43.3 Å². The smallest absolute Gasteiger partial charge is 0.276 e. The number of anilines is 1. The van der Waals surface area contributed by atoms with E-state index in [9.17, 15) is 13.2 Å². The summed E-state index contributed by atoms with van der Waals surface area (Å²) in [6, 6.07) is 10.4. The molecule has 5 heterocycles. The highest BCUT2D eigenvalue weighted by molar-refractivity contribution is 7.91. The number of aromatic nitrogens is 2. The van der Waals surface area contributed by atoms with Crippen molar-refractivity contribution in [2.45, 2.75) is 76.7 Å². The molecule has 0 spiro atoms. The number of halogens is 2. The molecular weight excluding hydrogens is 606 g/mol. The molecule has 7 rings (SSSR count). The Morgan fingerprint density at radius 1 is 0.957 bits per heavy atom. The lowest BCUT2D eigenvalue weighted by Crippen LogP contribution is -2.41.